The molecule has 0 bridgehead atoms. The zero-order valence-electron chi connectivity index (χ0n) is 17.4. The van der Waals surface area contributed by atoms with Crippen molar-refractivity contribution in [3.63, 3.8) is 0 Å². The van der Waals surface area contributed by atoms with Crippen LogP contribution in [0.5, 0.6) is 0 Å². The lowest BCUT2D eigenvalue weighted by Gasteiger charge is -2.37. The highest BCUT2D eigenvalue weighted by atomic mass is 32.1. The maximum absolute atomic E-state index is 12.5. The Kier molecular flexibility index (Phi) is 7.47. The lowest BCUT2D eigenvalue weighted by atomic mass is 10.0. The van der Waals surface area contributed by atoms with E-state index >= 15 is 0 Å². The number of likely N-dealkylation sites (tertiary alicyclic amines) is 1. The third kappa shape index (κ3) is 6.68. The van der Waals surface area contributed by atoms with Crippen molar-refractivity contribution in [2.75, 3.05) is 20.1 Å². The topological polar surface area (TPSA) is 78.9 Å². The van der Waals surface area contributed by atoms with Gasteiger partial charge in [-0.1, -0.05) is 0 Å². The van der Waals surface area contributed by atoms with Gasteiger partial charge in [0.05, 0.1) is 18.3 Å². The van der Waals surface area contributed by atoms with Crippen molar-refractivity contribution in [3.05, 3.63) is 15.6 Å². The van der Waals surface area contributed by atoms with Gasteiger partial charge in [0.1, 0.15) is 10.6 Å². The molecule has 0 aromatic carbocycles. The molecule has 1 amide bonds. The molecule has 0 radical (unpaired) electrons. The van der Waals surface area contributed by atoms with Crippen molar-refractivity contribution < 1.29 is 9.53 Å². The maximum atomic E-state index is 12.5. The highest BCUT2D eigenvalue weighted by Crippen LogP contribution is 2.20. The lowest BCUT2D eigenvalue weighted by Crippen LogP contribution is -2.52. The summed E-state index contributed by atoms with van der Waals surface area (Å²) in [6.45, 7) is 11.8. The molecule has 152 valence electrons. The normalized spacial score (nSPS) is 18.4. The molecule has 2 N–H and O–H groups in total. The molecule has 0 spiro atoms. The fourth-order valence-electron chi connectivity index (χ4n) is 2.98. The Hall–Kier alpha value is -1.83. The fourth-order valence-corrected chi connectivity index (χ4v) is 3.86. The van der Waals surface area contributed by atoms with Crippen molar-refractivity contribution in [1.29, 1.82) is 0 Å². The second-order valence-electron chi connectivity index (χ2n) is 7.88. The zero-order chi connectivity index (χ0) is 20.0. The maximum Gasteiger partial charge on any atom is 0.410 e. The highest BCUT2D eigenvalue weighted by Gasteiger charge is 2.30. The molecule has 0 saturated carbocycles. The van der Waals surface area contributed by atoms with Crippen LogP contribution in [0.3, 0.4) is 0 Å². The number of carbonyl (C=O) groups excluding carboxylic acids is 1. The predicted octanol–water partition coefficient (Wildman–Crippen LogP) is 3.21. The second kappa shape index (κ2) is 9.39. The SMILES string of the molecule is CN=C(NCc1nc(C)c(C)s1)NCC1CCCCN1C(=O)OC(C)(C)C. The van der Waals surface area contributed by atoms with Crippen LogP contribution in [0.4, 0.5) is 4.79 Å². The first-order chi connectivity index (χ1) is 12.7. The van der Waals surface area contributed by atoms with E-state index in [0.29, 0.717) is 13.1 Å². The molecule has 1 aliphatic heterocycles. The Bertz CT molecular complexity index is 646. The van der Waals surface area contributed by atoms with Gasteiger partial charge in [0.15, 0.2) is 5.96 Å². The minimum Gasteiger partial charge on any atom is -0.444 e. The van der Waals surface area contributed by atoms with Gasteiger partial charge in [-0.15, -0.1) is 11.3 Å². The van der Waals surface area contributed by atoms with Crippen LogP contribution >= 0.6 is 11.3 Å². The van der Waals surface area contributed by atoms with E-state index in [0.717, 1.165) is 42.5 Å². The molecule has 2 rings (SSSR count). The van der Waals surface area contributed by atoms with Crippen LogP contribution in [0.1, 0.15) is 55.6 Å². The average molecular weight is 396 g/mol. The first-order valence-corrected chi connectivity index (χ1v) is 10.4. The smallest absolute Gasteiger partial charge is 0.410 e. The molecular weight excluding hydrogens is 362 g/mol. The van der Waals surface area contributed by atoms with Gasteiger partial charge in [0, 0.05) is 25.0 Å². The summed E-state index contributed by atoms with van der Waals surface area (Å²) < 4.78 is 5.57. The molecule has 7 nitrogen and oxygen atoms in total. The number of piperidine rings is 1. The Labute approximate surface area is 166 Å². The number of nitrogens with one attached hydrogen (secondary N) is 2. The van der Waals surface area contributed by atoms with Gasteiger partial charge in [0.2, 0.25) is 0 Å². The number of guanidine groups is 1. The molecule has 1 fully saturated rings. The van der Waals surface area contributed by atoms with E-state index in [-0.39, 0.29) is 12.1 Å². The summed E-state index contributed by atoms with van der Waals surface area (Å²) in [4.78, 5) is 24.4. The first kappa shape index (κ1) is 21.5. The minimum absolute atomic E-state index is 0.108. The average Bonchev–Trinajstić information content (AvgIpc) is 2.92. The molecule has 1 saturated heterocycles. The van der Waals surface area contributed by atoms with E-state index in [1.807, 2.05) is 32.6 Å². The monoisotopic (exact) mass is 395 g/mol. The van der Waals surface area contributed by atoms with E-state index in [4.69, 9.17) is 4.74 Å². The molecular formula is C19H33N5O2S. The Morgan fingerprint density at radius 3 is 2.67 bits per heavy atom. The van der Waals surface area contributed by atoms with Gasteiger partial charge < -0.3 is 20.3 Å². The number of thiazole rings is 1. The van der Waals surface area contributed by atoms with Crippen LogP contribution in [0.15, 0.2) is 4.99 Å². The minimum atomic E-state index is -0.478. The van der Waals surface area contributed by atoms with Crippen LogP contribution in [-0.4, -0.2) is 53.7 Å². The third-order valence-electron chi connectivity index (χ3n) is 4.46. The first-order valence-electron chi connectivity index (χ1n) is 9.56. The number of aromatic nitrogens is 1. The summed E-state index contributed by atoms with van der Waals surface area (Å²) in [6.07, 6.45) is 2.88. The molecule has 1 unspecified atom stereocenters. The molecule has 1 atom stereocenters. The van der Waals surface area contributed by atoms with E-state index in [9.17, 15) is 4.79 Å². The molecule has 8 heteroatoms. The van der Waals surface area contributed by atoms with Crippen molar-refractivity contribution in [2.45, 2.75) is 72.1 Å². The Balaban J connectivity index is 1.88. The predicted molar refractivity (Wildman–Crippen MR) is 110 cm³/mol. The van der Waals surface area contributed by atoms with Crippen LogP contribution in [0.25, 0.3) is 0 Å². The Morgan fingerprint density at radius 2 is 2.07 bits per heavy atom. The third-order valence-corrected chi connectivity index (χ3v) is 5.54. The van der Waals surface area contributed by atoms with Gasteiger partial charge >= 0.3 is 6.09 Å². The summed E-state index contributed by atoms with van der Waals surface area (Å²) in [7, 11) is 1.75. The highest BCUT2D eigenvalue weighted by molar-refractivity contribution is 7.11. The largest absolute Gasteiger partial charge is 0.444 e. The summed E-state index contributed by atoms with van der Waals surface area (Å²) in [6, 6.07) is 0.108. The van der Waals surface area contributed by atoms with Gasteiger partial charge in [-0.3, -0.25) is 4.99 Å². The molecule has 1 aromatic rings. The number of amides is 1. The number of rotatable bonds is 4. The molecule has 1 aromatic heterocycles. The number of nitrogens with zero attached hydrogens (tertiary/aromatic N) is 3. The van der Waals surface area contributed by atoms with Crippen LogP contribution in [-0.2, 0) is 11.3 Å². The number of hydrogen-bond donors (Lipinski definition) is 2. The van der Waals surface area contributed by atoms with E-state index in [1.165, 1.54) is 4.88 Å². The summed E-state index contributed by atoms with van der Waals surface area (Å²) in [5, 5.41) is 7.69. The standard InChI is InChI=1S/C19H33N5O2S/c1-13-14(2)27-16(23-13)12-22-17(20-6)21-11-15-9-7-8-10-24(15)18(25)26-19(3,4)5/h15H,7-12H2,1-6H3,(H2,20,21,22). The molecule has 2 heterocycles. The quantitative estimate of drug-likeness (QED) is 0.604. The number of aryl methyl sites for hydroxylation is 2. The molecule has 1 aliphatic rings. The van der Waals surface area contributed by atoms with Gasteiger partial charge in [-0.2, -0.15) is 0 Å². The van der Waals surface area contributed by atoms with Gasteiger partial charge in [0.25, 0.3) is 0 Å². The lowest BCUT2D eigenvalue weighted by molar-refractivity contribution is 0.0104. The zero-order valence-corrected chi connectivity index (χ0v) is 18.2. The van der Waals surface area contributed by atoms with Crippen LogP contribution in [0.2, 0.25) is 0 Å². The van der Waals surface area contributed by atoms with Crippen LogP contribution in [0, 0.1) is 13.8 Å². The summed E-state index contributed by atoms with van der Waals surface area (Å²) >= 11 is 1.70. The summed E-state index contributed by atoms with van der Waals surface area (Å²) in [5.41, 5.74) is 0.601. The van der Waals surface area contributed by atoms with Crippen molar-refractivity contribution >= 4 is 23.4 Å². The van der Waals surface area contributed by atoms with E-state index in [2.05, 4.69) is 27.5 Å². The van der Waals surface area contributed by atoms with Crippen molar-refractivity contribution in [3.8, 4) is 0 Å². The van der Waals surface area contributed by atoms with Crippen LogP contribution < -0.4 is 10.6 Å². The number of aliphatic imine (C=N–C) groups is 1. The van der Waals surface area contributed by atoms with E-state index in [1.54, 1.807) is 18.4 Å². The number of hydrogen-bond acceptors (Lipinski definition) is 5. The molecule has 27 heavy (non-hydrogen) atoms. The number of ether oxygens (including phenoxy) is 1. The summed E-state index contributed by atoms with van der Waals surface area (Å²) in [5.74, 6) is 0.718. The van der Waals surface area contributed by atoms with Gasteiger partial charge in [-0.05, 0) is 53.9 Å². The second-order valence-corrected chi connectivity index (χ2v) is 9.17. The molecule has 0 aliphatic carbocycles. The fraction of sp³-hybridized carbons (Fsp3) is 0.737. The van der Waals surface area contributed by atoms with Crippen molar-refractivity contribution in [1.82, 2.24) is 20.5 Å². The van der Waals surface area contributed by atoms with Crippen molar-refractivity contribution in [2.24, 2.45) is 4.99 Å². The van der Waals surface area contributed by atoms with E-state index < -0.39 is 5.60 Å². The number of carbonyl (C=O) groups is 1. The van der Waals surface area contributed by atoms with Gasteiger partial charge in [-0.25, -0.2) is 9.78 Å². The Morgan fingerprint density at radius 1 is 1.33 bits per heavy atom.